The number of nitrogens with one attached hydrogen (secondary N) is 1. The van der Waals surface area contributed by atoms with E-state index in [-0.39, 0.29) is 5.75 Å². The van der Waals surface area contributed by atoms with Crippen LogP contribution in [-0.4, -0.2) is 31.3 Å². The number of nitrogens with zero attached hydrogens (tertiary/aromatic N) is 1. The van der Waals surface area contributed by atoms with Crippen LogP contribution in [0.15, 0.2) is 84.0 Å². The van der Waals surface area contributed by atoms with Gasteiger partial charge in [0.15, 0.2) is 17.6 Å². The van der Waals surface area contributed by atoms with Gasteiger partial charge in [-0.1, -0.05) is 41.9 Å². The number of esters is 1. The molecule has 1 atom stereocenters. The van der Waals surface area contributed by atoms with Gasteiger partial charge < -0.3 is 14.2 Å². The van der Waals surface area contributed by atoms with E-state index in [1.165, 1.54) is 19.4 Å². The average molecular weight is 479 g/mol. The van der Waals surface area contributed by atoms with Crippen molar-refractivity contribution in [1.82, 2.24) is 5.43 Å². The second kappa shape index (κ2) is 12.2. The Morgan fingerprint density at radius 3 is 2.41 bits per heavy atom. The van der Waals surface area contributed by atoms with Gasteiger partial charge in [-0.2, -0.15) is 5.10 Å². The monoisotopic (exact) mass is 478 g/mol. The molecular formula is C26H23ClN2O5. The first-order valence-electron chi connectivity index (χ1n) is 10.3. The zero-order valence-corrected chi connectivity index (χ0v) is 19.4. The molecule has 7 nitrogen and oxygen atoms in total. The van der Waals surface area contributed by atoms with Crippen LogP contribution in [0.5, 0.6) is 17.2 Å². The molecule has 0 bridgehead atoms. The van der Waals surface area contributed by atoms with E-state index in [0.29, 0.717) is 22.1 Å². The van der Waals surface area contributed by atoms with E-state index in [4.69, 9.17) is 25.8 Å². The minimum absolute atomic E-state index is 0.261. The Bertz CT molecular complexity index is 1180. The predicted octanol–water partition coefficient (Wildman–Crippen LogP) is 4.89. The van der Waals surface area contributed by atoms with Crippen LogP contribution in [0, 0.1) is 0 Å². The number of amides is 1. The minimum atomic E-state index is -0.765. The summed E-state index contributed by atoms with van der Waals surface area (Å²) >= 11 is 5.84. The van der Waals surface area contributed by atoms with Gasteiger partial charge in [0.25, 0.3) is 5.91 Å². The smallest absolute Gasteiger partial charge is 0.336 e. The Morgan fingerprint density at radius 1 is 0.971 bits per heavy atom. The van der Waals surface area contributed by atoms with E-state index in [9.17, 15) is 9.59 Å². The van der Waals surface area contributed by atoms with Crippen LogP contribution in [0.25, 0.3) is 6.08 Å². The molecule has 0 unspecified atom stereocenters. The molecule has 3 aromatic rings. The summed E-state index contributed by atoms with van der Waals surface area (Å²) in [5.74, 6) is 0.163. The number of hydrogen-bond acceptors (Lipinski definition) is 6. The van der Waals surface area contributed by atoms with Gasteiger partial charge in [0, 0.05) is 11.1 Å². The van der Waals surface area contributed by atoms with E-state index in [0.717, 1.165) is 5.56 Å². The van der Waals surface area contributed by atoms with Crippen LogP contribution in [-0.2, 0) is 9.59 Å². The number of ether oxygens (including phenoxy) is 3. The molecule has 1 amide bonds. The first kappa shape index (κ1) is 24.5. The number of rotatable bonds is 9. The number of methoxy groups -OCH3 is 1. The van der Waals surface area contributed by atoms with Gasteiger partial charge in [0.2, 0.25) is 0 Å². The second-order valence-electron chi connectivity index (χ2n) is 7.02. The Morgan fingerprint density at radius 2 is 1.71 bits per heavy atom. The fraction of sp³-hybridized carbons (Fsp3) is 0.115. The molecule has 0 saturated carbocycles. The molecule has 174 valence electrons. The fourth-order valence-electron chi connectivity index (χ4n) is 2.75. The zero-order chi connectivity index (χ0) is 24.3. The summed E-state index contributed by atoms with van der Waals surface area (Å²) in [4.78, 5) is 24.3. The van der Waals surface area contributed by atoms with Crippen molar-refractivity contribution < 1.29 is 23.8 Å². The number of benzene rings is 3. The highest BCUT2D eigenvalue weighted by Crippen LogP contribution is 2.28. The summed E-state index contributed by atoms with van der Waals surface area (Å²) in [6.07, 6.45) is 3.68. The number of hydrazone groups is 1. The molecule has 0 aliphatic heterocycles. The van der Waals surface area contributed by atoms with Crippen LogP contribution in [0.3, 0.4) is 0 Å². The van der Waals surface area contributed by atoms with Gasteiger partial charge >= 0.3 is 5.97 Å². The third-order valence-electron chi connectivity index (χ3n) is 4.49. The molecule has 1 N–H and O–H groups in total. The Labute approximate surface area is 202 Å². The maximum Gasteiger partial charge on any atom is 0.336 e. The second-order valence-corrected chi connectivity index (χ2v) is 7.46. The van der Waals surface area contributed by atoms with Gasteiger partial charge in [-0.15, -0.1) is 0 Å². The molecule has 0 aliphatic carbocycles. The van der Waals surface area contributed by atoms with Crippen molar-refractivity contribution in [1.29, 1.82) is 0 Å². The van der Waals surface area contributed by atoms with E-state index in [1.54, 1.807) is 55.5 Å². The predicted molar refractivity (Wildman–Crippen MR) is 131 cm³/mol. The quantitative estimate of drug-likeness (QED) is 0.156. The highest BCUT2D eigenvalue weighted by atomic mass is 35.5. The maximum atomic E-state index is 12.2. The lowest BCUT2D eigenvalue weighted by Gasteiger charge is -2.12. The lowest BCUT2D eigenvalue weighted by atomic mass is 10.2. The lowest BCUT2D eigenvalue weighted by molar-refractivity contribution is -0.129. The first-order valence-corrected chi connectivity index (χ1v) is 10.7. The summed E-state index contributed by atoms with van der Waals surface area (Å²) < 4.78 is 16.2. The van der Waals surface area contributed by atoms with Gasteiger partial charge in [-0.25, -0.2) is 10.2 Å². The van der Waals surface area contributed by atoms with Crippen LogP contribution < -0.4 is 19.6 Å². The summed E-state index contributed by atoms with van der Waals surface area (Å²) in [6.45, 7) is 1.61. The highest BCUT2D eigenvalue weighted by molar-refractivity contribution is 6.30. The van der Waals surface area contributed by atoms with Crippen molar-refractivity contribution in [2.75, 3.05) is 7.11 Å². The molecule has 0 saturated heterocycles. The van der Waals surface area contributed by atoms with Crippen LogP contribution in [0.2, 0.25) is 5.02 Å². The van der Waals surface area contributed by atoms with Crippen molar-refractivity contribution in [3.63, 3.8) is 0 Å². The van der Waals surface area contributed by atoms with Gasteiger partial charge in [-0.05, 0) is 66.6 Å². The standard InChI is InChI=1S/C26H23ClN2O5/c1-18(33-22-12-10-21(27)11-13-22)26(31)29-28-17-20-8-14-23(24(16-20)32-2)34-25(30)15-9-19-6-4-3-5-7-19/h3-18H,1-2H3,(H,29,31)/b15-9+,28-17-/t18-/m0/s1. The van der Waals surface area contributed by atoms with Crippen molar-refractivity contribution in [2.45, 2.75) is 13.0 Å². The van der Waals surface area contributed by atoms with E-state index >= 15 is 0 Å². The van der Waals surface area contributed by atoms with E-state index < -0.39 is 18.0 Å². The molecular weight excluding hydrogens is 456 g/mol. The Kier molecular flexibility index (Phi) is 8.82. The summed E-state index contributed by atoms with van der Waals surface area (Å²) in [5, 5.41) is 4.52. The van der Waals surface area contributed by atoms with Crippen molar-refractivity contribution >= 4 is 35.8 Å². The molecule has 0 heterocycles. The Balaban J connectivity index is 1.55. The molecule has 0 aromatic heterocycles. The fourth-order valence-corrected chi connectivity index (χ4v) is 2.88. The molecule has 0 aliphatic rings. The molecule has 8 heteroatoms. The topological polar surface area (TPSA) is 86.2 Å². The lowest BCUT2D eigenvalue weighted by Crippen LogP contribution is -2.33. The highest BCUT2D eigenvalue weighted by Gasteiger charge is 2.14. The molecule has 0 spiro atoms. The van der Waals surface area contributed by atoms with Gasteiger partial charge in [0.1, 0.15) is 5.75 Å². The zero-order valence-electron chi connectivity index (χ0n) is 18.6. The van der Waals surface area contributed by atoms with Crippen LogP contribution >= 0.6 is 11.6 Å². The van der Waals surface area contributed by atoms with Gasteiger partial charge in [-0.3, -0.25) is 4.79 Å². The Hall–Kier alpha value is -4.10. The molecule has 3 rings (SSSR count). The molecule has 0 radical (unpaired) electrons. The average Bonchev–Trinajstić information content (AvgIpc) is 2.85. The van der Waals surface area contributed by atoms with Crippen molar-refractivity contribution in [2.24, 2.45) is 5.10 Å². The third kappa shape index (κ3) is 7.50. The summed E-state index contributed by atoms with van der Waals surface area (Å²) in [6, 6.07) is 21.0. The summed E-state index contributed by atoms with van der Waals surface area (Å²) in [7, 11) is 1.46. The molecule has 34 heavy (non-hydrogen) atoms. The van der Waals surface area contributed by atoms with Crippen LogP contribution in [0.4, 0.5) is 0 Å². The molecule has 3 aromatic carbocycles. The third-order valence-corrected chi connectivity index (χ3v) is 4.75. The summed E-state index contributed by atoms with van der Waals surface area (Å²) in [5.41, 5.74) is 3.93. The van der Waals surface area contributed by atoms with Gasteiger partial charge in [0.05, 0.1) is 13.3 Å². The maximum absolute atomic E-state index is 12.2. The van der Waals surface area contributed by atoms with Crippen molar-refractivity contribution in [3.8, 4) is 17.2 Å². The van der Waals surface area contributed by atoms with Crippen molar-refractivity contribution in [3.05, 3.63) is 95.0 Å². The van der Waals surface area contributed by atoms with Crippen LogP contribution in [0.1, 0.15) is 18.1 Å². The largest absolute Gasteiger partial charge is 0.493 e. The number of halogens is 1. The SMILES string of the molecule is COc1cc(/C=N\NC(=O)[C@H](C)Oc2ccc(Cl)cc2)ccc1OC(=O)/C=C/c1ccccc1. The number of carbonyl (C=O) groups excluding carboxylic acids is 2. The van der Waals surface area contributed by atoms with E-state index in [1.807, 2.05) is 30.3 Å². The number of hydrogen-bond donors (Lipinski definition) is 1. The first-order chi connectivity index (χ1) is 16.4. The normalized spacial score (nSPS) is 11.9. The minimum Gasteiger partial charge on any atom is -0.493 e. The van der Waals surface area contributed by atoms with E-state index in [2.05, 4.69) is 10.5 Å². The number of carbonyl (C=O) groups is 2. The molecule has 0 fully saturated rings.